The monoisotopic (exact) mass is 258 g/mol. The van der Waals surface area contributed by atoms with Crippen molar-refractivity contribution in [1.29, 1.82) is 0 Å². The number of nitrogens with one attached hydrogen (secondary N) is 2. The van der Waals surface area contributed by atoms with Crippen LogP contribution in [0.3, 0.4) is 0 Å². The molecular weight excluding hydrogens is 249 g/mol. The second-order valence-corrected chi connectivity index (χ2v) is 4.08. The van der Waals surface area contributed by atoms with Crippen molar-refractivity contribution in [2.75, 3.05) is 0 Å². The standard InChI is InChI=1S/C11H9F3N2O2/c1-10(8(17)15-9(18)16-10)6-4-2-3-5-7(6)11(12,13)14/h2-5H,1H3,(H2,15,16,17,18)/t10-/m1/s1. The Balaban J connectivity index is 2.59. The lowest BCUT2D eigenvalue weighted by Gasteiger charge is -2.24. The van der Waals surface area contributed by atoms with E-state index in [2.05, 4.69) is 5.32 Å². The van der Waals surface area contributed by atoms with Crippen LogP contribution in [0.15, 0.2) is 24.3 Å². The predicted octanol–water partition coefficient (Wildman–Crippen LogP) is 1.76. The summed E-state index contributed by atoms with van der Waals surface area (Å²) in [5.74, 6) is -0.802. The summed E-state index contributed by atoms with van der Waals surface area (Å²) in [6.07, 6.45) is -4.59. The molecule has 1 aliphatic heterocycles. The zero-order valence-corrected chi connectivity index (χ0v) is 9.26. The second-order valence-electron chi connectivity index (χ2n) is 4.08. The average molecular weight is 258 g/mol. The highest BCUT2D eigenvalue weighted by atomic mass is 19.4. The maximum absolute atomic E-state index is 12.9. The Hall–Kier alpha value is -2.05. The zero-order chi connectivity index (χ0) is 13.6. The Morgan fingerprint density at radius 1 is 1.17 bits per heavy atom. The Kier molecular flexibility index (Phi) is 2.57. The van der Waals surface area contributed by atoms with Gasteiger partial charge in [-0.15, -0.1) is 0 Å². The Bertz CT molecular complexity index is 527. The third-order valence-electron chi connectivity index (χ3n) is 2.82. The first kappa shape index (κ1) is 12.4. The normalized spacial score (nSPS) is 23.8. The van der Waals surface area contributed by atoms with Crippen LogP contribution < -0.4 is 10.6 Å². The van der Waals surface area contributed by atoms with Crippen molar-refractivity contribution >= 4 is 11.9 Å². The van der Waals surface area contributed by atoms with Crippen molar-refractivity contribution in [2.24, 2.45) is 0 Å². The zero-order valence-electron chi connectivity index (χ0n) is 9.26. The summed E-state index contributed by atoms with van der Waals surface area (Å²) in [4.78, 5) is 22.7. The van der Waals surface area contributed by atoms with Gasteiger partial charge in [-0.25, -0.2) is 4.79 Å². The number of carbonyl (C=O) groups is 2. The smallest absolute Gasteiger partial charge is 0.320 e. The molecule has 96 valence electrons. The largest absolute Gasteiger partial charge is 0.416 e. The summed E-state index contributed by atoms with van der Waals surface area (Å²) in [7, 11) is 0. The molecule has 18 heavy (non-hydrogen) atoms. The van der Waals surface area contributed by atoms with E-state index < -0.39 is 29.2 Å². The molecule has 1 aromatic carbocycles. The van der Waals surface area contributed by atoms with E-state index in [0.29, 0.717) is 0 Å². The highest BCUT2D eigenvalue weighted by Gasteiger charge is 2.48. The minimum atomic E-state index is -4.59. The number of urea groups is 1. The number of hydrogen-bond acceptors (Lipinski definition) is 2. The molecule has 0 aliphatic carbocycles. The van der Waals surface area contributed by atoms with Gasteiger partial charge in [-0.05, 0) is 18.6 Å². The van der Waals surface area contributed by atoms with Crippen LogP contribution in [0.2, 0.25) is 0 Å². The van der Waals surface area contributed by atoms with Crippen LogP contribution in [0.1, 0.15) is 18.1 Å². The number of halogens is 3. The number of alkyl halides is 3. The SMILES string of the molecule is C[C@]1(c2ccccc2C(F)(F)F)NC(=O)NC1=O. The first-order valence-electron chi connectivity index (χ1n) is 5.05. The third kappa shape index (κ3) is 1.81. The molecule has 3 amide bonds. The summed E-state index contributed by atoms with van der Waals surface area (Å²) >= 11 is 0. The summed E-state index contributed by atoms with van der Waals surface area (Å²) in [5, 5.41) is 4.14. The lowest BCUT2D eigenvalue weighted by Crippen LogP contribution is -2.42. The van der Waals surface area contributed by atoms with Crippen LogP contribution in [-0.4, -0.2) is 11.9 Å². The van der Waals surface area contributed by atoms with Crippen molar-refractivity contribution in [3.05, 3.63) is 35.4 Å². The first-order chi connectivity index (χ1) is 8.25. The molecule has 2 N–H and O–H groups in total. The Labute approximate surface area is 100 Å². The minimum absolute atomic E-state index is 0.277. The van der Waals surface area contributed by atoms with E-state index in [1.54, 1.807) is 0 Å². The lowest BCUT2D eigenvalue weighted by molar-refractivity contribution is -0.139. The highest BCUT2D eigenvalue weighted by Crippen LogP contribution is 2.37. The maximum atomic E-state index is 12.9. The molecule has 1 fully saturated rings. The second kappa shape index (κ2) is 3.72. The molecule has 0 aromatic heterocycles. The van der Waals surface area contributed by atoms with Gasteiger partial charge in [0.15, 0.2) is 0 Å². The van der Waals surface area contributed by atoms with Gasteiger partial charge in [0, 0.05) is 0 Å². The number of amides is 3. The molecule has 0 bridgehead atoms. The number of benzene rings is 1. The minimum Gasteiger partial charge on any atom is -0.320 e. The van der Waals surface area contributed by atoms with Gasteiger partial charge in [-0.3, -0.25) is 10.1 Å². The van der Waals surface area contributed by atoms with Gasteiger partial charge < -0.3 is 5.32 Å². The molecule has 0 saturated carbocycles. The van der Waals surface area contributed by atoms with Crippen LogP contribution >= 0.6 is 0 Å². The molecule has 1 heterocycles. The van der Waals surface area contributed by atoms with E-state index in [9.17, 15) is 22.8 Å². The van der Waals surface area contributed by atoms with Crippen LogP contribution in [-0.2, 0) is 16.5 Å². The maximum Gasteiger partial charge on any atom is 0.416 e. The number of imide groups is 1. The van der Waals surface area contributed by atoms with Crippen LogP contribution in [0.4, 0.5) is 18.0 Å². The van der Waals surface area contributed by atoms with Crippen molar-refractivity contribution in [3.8, 4) is 0 Å². The van der Waals surface area contributed by atoms with Crippen LogP contribution in [0, 0.1) is 0 Å². The Morgan fingerprint density at radius 3 is 2.28 bits per heavy atom. The lowest BCUT2D eigenvalue weighted by atomic mass is 9.88. The predicted molar refractivity (Wildman–Crippen MR) is 55.5 cm³/mol. The molecule has 0 radical (unpaired) electrons. The molecule has 1 aromatic rings. The van der Waals surface area contributed by atoms with Crippen molar-refractivity contribution < 1.29 is 22.8 Å². The summed E-state index contributed by atoms with van der Waals surface area (Å²) in [6.45, 7) is 1.23. The van der Waals surface area contributed by atoms with Gasteiger partial charge in [-0.1, -0.05) is 18.2 Å². The molecule has 1 aliphatic rings. The molecule has 7 heteroatoms. The topological polar surface area (TPSA) is 58.2 Å². The van der Waals surface area contributed by atoms with Gasteiger partial charge in [0.2, 0.25) is 0 Å². The molecule has 2 rings (SSSR count). The highest BCUT2D eigenvalue weighted by molar-refractivity contribution is 6.07. The van der Waals surface area contributed by atoms with E-state index in [1.807, 2.05) is 5.32 Å². The van der Waals surface area contributed by atoms with Crippen molar-refractivity contribution in [2.45, 2.75) is 18.6 Å². The van der Waals surface area contributed by atoms with E-state index in [0.717, 1.165) is 6.07 Å². The molecule has 0 spiro atoms. The number of hydrogen-bond donors (Lipinski definition) is 2. The molecule has 0 unspecified atom stereocenters. The Morgan fingerprint density at radius 2 is 1.78 bits per heavy atom. The number of rotatable bonds is 1. The number of carbonyl (C=O) groups excluding carboxylic acids is 2. The van der Waals surface area contributed by atoms with Crippen LogP contribution in [0.25, 0.3) is 0 Å². The fourth-order valence-corrected chi connectivity index (χ4v) is 1.90. The van der Waals surface area contributed by atoms with Gasteiger partial charge in [-0.2, -0.15) is 13.2 Å². The van der Waals surface area contributed by atoms with E-state index in [4.69, 9.17) is 0 Å². The van der Waals surface area contributed by atoms with E-state index >= 15 is 0 Å². The molecule has 4 nitrogen and oxygen atoms in total. The summed E-state index contributed by atoms with van der Waals surface area (Å²) in [6, 6.07) is 3.85. The van der Waals surface area contributed by atoms with Crippen LogP contribution in [0.5, 0.6) is 0 Å². The fraction of sp³-hybridized carbons (Fsp3) is 0.273. The summed E-state index contributed by atoms with van der Waals surface area (Å²) < 4.78 is 38.6. The average Bonchev–Trinajstić information content (AvgIpc) is 2.52. The van der Waals surface area contributed by atoms with Crippen molar-refractivity contribution in [1.82, 2.24) is 10.6 Å². The quantitative estimate of drug-likeness (QED) is 0.754. The van der Waals surface area contributed by atoms with Crippen molar-refractivity contribution in [3.63, 3.8) is 0 Å². The fourth-order valence-electron chi connectivity index (χ4n) is 1.90. The van der Waals surface area contributed by atoms with E-state index in [1.165, 1.54) is 25.1 Å². The van der Waals surface area contributed by atoms with E-state index in [-0.39, 0.29) is 5.56 Å². The molecular formula is C11H9F3N2O2. The molecule has 1 atom stereocenters. The molecule has 1 saturated heterocycles. The van der Waals surface area contributed by atoms with Gasteiger partial charge >= 0.3 is 12.2 Å². The first-order valence-corrected chi connectivity index (χ1v) is 5.05. The van der Waals surface area contributed by atoms with Gasteiger partial charge in [0.25, 0.3) is 5.91 Å². The van der Waals surface area contributed by atoms with Gasteiger partial charge in [0.1, 0.15) is 5.54 Å². The third-order valence-corrected chi connectivity index (χ3v) is 2.82. The van der Waals surface area contributed by atoms with Gasteiger partial charge in [0.05, 0.1) is 5.56 Å². The summed E-state index contributed by atoms with van der Waals surface area (Å²) in [5.41, 5.74) is -2.92.